The van der Waals surface area contributed by atoms with E-state index in [-0.39, 0.29) is 0 Å². The highest BCUT2D eigenvalue weighted by atomic mass is 35.9. The molecular formula is C4H10Cl2NO2P. The molecule has 0 saturated heterocycles. The van der Waals surface area contributed by atoms with E-state index in [1.807, 2.05) is 13.8 Å². The molecule has 0 aliphatic rings. The van der Waals surface area contributed by atoms with Crippen LogP contribution in [0.15, 0.2) is 0 Å². The van der Waals surface area contributed by atoms with Crippen molar-refractivity contribution in [3.63, 3.8) is 0 Å². The van der Waals surface area contributed by atoms with Gasteiger partial charge in [-0.15, -0.1) is 0 Å². The van der Waals surface area contributed by atoms with Crippen molar-refractivity contribution >= 4 is 28.6 Å². The molecule has 62 valence electrons. The van der Waals surface area contributed by atoms with Gasteiger partial charge in [0.2, 0.25) is 0 Å². The van der Waals surface area contributed by atoms with Gasteiger partial charge in [0.1, 0.15) is 0 Å². The van der Waals surface area contributed by atoms with E-state index in [9.17, 15) is 4.57 Å². The second-order valence-corrected chi connectivity index (χ2v) is 5.79. The molecule has 0 aliphatic carbocycles. The summed E-state index contributed by atoms with van der Waals surface area (Å²) >= 11 is 10.3. The van der Waals surface area contributed by atoms with Crippen molar-refractivity contribution in [3.05, 3.63) is 0 Å². The first-order valence-corrected chi connectivity index (χ1v) is 6.37. The summed E-state index contributed by atoms with van der Waals surface area (Å²) in [7, 11) is 0. The number of hydrogen-bond acceptors (Lipinski definition) is 3. The lowest BCUT2D eigenvalue weighted by molar-refractivity contribution is -0.0391. The molecule has 0 bridgehead atoms. The molecule has 0 spiro atoms. The maximum atomic E-state index is 10.6. The van der Waals surface area contributed by atoms with E-state index in [0.717, 1.165) is 0 Å². The van der Waals surface area contributed by atoms with Crippen LogP contribution in [0.2, 0.25) is 0 Å². The number of halogens is 2. The van der Waals surface area contributed by atoms with Gasteiger partial charge in [0.15, 0.2) is 0 Å². The van der Waals surface area contributed by atoms with Crippen LogP contribution in [-0.2, 0) is 9.19 Å². The van der Waals surface area contributed by atoms with Crippen LogP contribution >= 0.6 is 28.6 Å². The minimum absolute atomic E-state index is 0.611. The first kappa shape index (κ1) is 10.7. The summed E-state index contributed by atoms with van der Waals surface area (Å²) in [6, 6.07) is 0. The molecule has 0 unspecified atom stereocenters. The lowest BCUT2D eigenvalue weighted by atomic mass is 10.6. The summed E-state index contributed by atoms with van der Waals surface area (Å²) in [5.74, 6) is 0. The van der Waals surface area contributed by atoms with Crippen LogP contribution in [-0.4, -0.2) is 18.2 Å². The van der Waals surface area contributed by atoms with Gasteiger partial charge in [0.25, 0.3) is 0 Å². The fourth-order valence-corrected chi connectivity index (χ4v) is 1.50. The quantitative estimate of drug-likeness (QED) is 0.523. The number of hydrogen-bond donors (Lipinski definition) is 0. The van der Waals surface area contributed by atoms with E-state index >= 15 is 0 Å². The lowest BCUT2D eigenvalue weighted by Crippen LogP contribution is -2.20. The van der Waals surface area contributed by atoms with Gasteiger partial charge in [-0.2, -0.15) is 5.06 Å². The third-order valence-corrected chi connectivity index (χ3v) is 1.71. The largest absolute Gasteiger partial charge is 0.396 e. The highest BCUT2D eigenvalue weighted by Gasteiger charge is 2.18. The zero-order valence-corrected chi connectivity index (χ0v) is 8.29. The summed E-state index contributed by atoms with van der Waals surface area (Å²) in [5, 5.41) is 1.43. The van der Waals surface area contributed by atoms with Gasteiger partial charge >= 0.3 is 6.07 Å². The molecule has 0 fully saturated rings. The van der Waals surface area contributed by atoms with Crippen molar-refractivity contribution in [2.75, 3.05) is 13.1 Å². The highest BCUT2D eigenvalue weighted by Crippen LogP contribution is 2.58. The second-order valence-electron chi connectivity index (χ2n) is 1.61. The molecule has 0 saturated carbocycles. The van der Waals surface area contributed by atoms with Crippen LogP contribution in [0.1, 0.15) is 13.8 Å². The van der Waals surface area contributed by atoms with Crippen molar-refractivity contribution in [1.29, 1.82) is 0 Å². The van der Waals surface area contributed by atoms with E-state index in [4.69, 9.17) is 22.5 Å². The second kappa shape index (κ2) is 4.58. The van der Waals surface area contributed by atoms with Gasteiger partial charge < -0.3 is 0 Å². The van der Waals surface area contributed by atoms with Crippen molar-refractivity contribution in [1.82, 2.24) is 5.06 Å². The normalized spacial score (nSPS) is 12.5. The summed E-state index contributed by atoms with van der Waals surface area (Å²) in [5.41, 5.74) is 0. The fourth-order valence-electron chi connectivity index (χ4n) is 0.474. The Morgan fingerprint density at radius 2 is 1.80 bits per heavy atom. The molecule has 0 radical (unpaired) electrons. The summed E-state index contributed by atoms with van der Waals surface area (Å²) < 4.78 is 15.3. The molecule has 10 heavy (non-hydrogen) atoms. The molecule has 0 aromatic heterocycles. The zero-order valence-electron chi connectivity index (χ0n) is 5.88. The van der Waals surface area contributed by atoms with Crippen molar-refractivity contribution in [3.8, 4) is 0 Å². The predicted molar refractivity (Wildman–Crippen MR) is 43.3 cm³/mol. The van der Waals surface area contributed by atoms with Gasteiger partial charge in [-0.25, -0.2) is 4.62 Å². The molecule has 0 amide bonds. The van der Waals surface area contributed by atoms with Crippen molar-refractivity contribution in [2.45, 2.75) is 13.8 Å². The van der Waals surface area contributed by atoms with E-state index in [1.54, 1.807) is 0 Å². The first-order chi connectivity index (χ1) is 4.49. The van der Waals surface area contributed by atoms with Gasteiger partial charge in [-0.1, -0.05) is 13.8 Å². The highest BCUT2D eigenvalue weighted by molar-refractivity contribution is 8.05. The molecule has 0 aliphatic heterocycles. The average Bonchev–Trinajstić information content (AvgIpc) is 1.81. The lowest BCUT2D eigenvalue weighted by Gasteiger charge is -2.16. The first-order valence-electron chi connectivity index (χ1n) is 2.93. The molecule has 0 aromatic rings. The molecule has 3 nitrogen and oxygen atoms in total. The Labute approximate surface area is 70.2 Å². The van der Waals surface area contributed by atoms with Crippen LogP contribution in [0.25, 0.3) is 0 Å². The van der Waals surface area contributed by atoms with Gasteiger partial charge in [-0.05, 0) is 22.5 Å². The van der Waals surface area contributed by atoms with Crippen LogP contribution < -0.4 is 0 Å². The summed E-state index contributed by atoms with van der Waals surface area (Å²) in [6.07, 6.45) is -3.38. The van der Waals surface area contributed by atoms with E-state index < -0.39 is 6.07 Å². The third-order valence-electron chi connectivity index (χ3n) is 0.916. The van der Waals surface area contributed by atoms with E-state index in [1.165, 1.54) is 5.06 Å². The van der Waals surface area contributed by atoms with Crippen LogP contribution in [0, 0.1) is 0 Å². The monoisotopic (exact) mass is 205 g/mol. The zero-order chi connectivity index (χ0) is 8.20. The molecule has 0 aromatic carbocycles. The van der Waals surface area contributed by atoms with Crippen LogP contribution in [0.3, 0.4) is 0 Å². The Bertz CT molecular complexity index is 133. The van der Waals surface area contributed by atoms with Crippen LogP contribution in [0.4, 0.5) is 0 Å². The molecule has 6 heteroatoms. The van der Waals surface area contributed by atoms with Crippen LogP contribution in [0.5, 0.6) is 0 Å². The van der Waals surface area contributed by atoms with Gasteiger partial charge in [0, 0.05) is 13.1 Å². The Hall–Kier alpha value is 0.730. The molecule has 0 N–H and O–H groups in total. The Morgan fingerprint density at radius 3 is 1.90 bits per heavy atom. The van der Waals surface area contributed by atoms with Crippen molar-refractivity contribution in [2.24, 2.45) is 0 Å². The summed E-state index contributed by atoms with van der Waals surface area (Å²) in [6.45, 7) is 4.93. The summed E-state index contributed by atoms with van der Waals surface area (Å²) in [4.78, 5) is 0. The Balaban J connectivity index is 3.75. The van der Waals surface area contributed by atoms with Gasteiger partial charge in [0.05, 0.1) is 0 Å². The predicted octanol–water partition coefficient (Wildman–Crippen LogP) is 2.85. The molecule has 0 heterocycles. The number of rotatable bonds is 4. The number of nitrogens with zero attached hydrogens (tertiary/aromatic N) is 1. The average molecular weight is 206 g/mol. The van der Waals surface area contributed by atoms with E-state index in [0.29, 0.717) is 13.1 Å². The SMILES string of the molecule is CCN(CC)OP(=O)(Cl)Cl. The minimum Gasteiger partial charge on any atom is -0.255 e. The fraction of sp³-hybridized carbons (Fsp3) is 1.00. The molecule has 0 atom stereocenters. The number of hydroxylamine groups is 2. The Morgan fingerprint density at radius 1 is 1.40 bits per heavy atom. The smallest absolute Gasteiger partial charge is 0.255 e. The van der Waals surface area contributed by atoms with Crippen molar-refractivity contribution < 1.29 is 9.19 Å². The van der Waals surface area contributed by atoms with Gasteiger partial charge in [-0.3, -0.25) is 4.57 Å². The molecular weight excluding hydrogens is 196 g/mol. The maximum Gasteiger partial charge on any atom is 0.396 e. The minimum atomic E-state index is -3.38. The molecule has 0 rings (SSSR count). The topological polar surface area (TPSA) is 29.5 Å². The third kappa shape index (κ3) is 5.51. The van der Waals surface area contributed by atoms with E-state index in [2.05, 4.69) is 4.62 Å². The maximum absolute atomic E-state index is 10.6. The standard InChI is InChI=1S/C4H10Cl2NO2P/c1-3-7(4-2)9-10(5,6)8/h3-4H2,1-2H3. The Kier molecular flexibility index (Phi) is 4.91.